The molecule has 0 saturated heterocycles. The van der Waals surface area contributed by atoms with Crippen molar-refractivity contribution in [2.45, 2.75) is 13.3 Å². The Labute approximate surface area is 102 Å². The smallest absolute Gasteiger partial charge is 0.266 e. The van der Waals surface area contributed by atoms with E-state index < -0.39 is 0 Å². The number of rotatable bonds is 6. The van der Waals surface area contributed by atoms with E-state index in [9.17, 15) is 4.79 Å². The fourth-order valence-electron chi connectivity index (χ4n) is 1.03. The van der Waals surface area contributed by atoms with E-state index in [0.717, 1.165) is 26.2 Å². The zero-order valence-corrected chi connectivity index (χ0v) is 10.7. The first kappa shape index (κ1) is 12.4. The molecule has 0 radical (unpaired) electrons. The third-order valence-electron chi connectivity index (χ3n) is 1.76. The SMILES string of the molecule is CCOCCCNc1nc[nH]c(=O)c1I. The van der Waals surface area contributed by atoms with Crippen LogP contribution in [0.1, 0.15) is 13.3 Å². The van der Waals surface area contributed by atoms with Crippen LogP contribution >= 0.6 is 22.6 Å². The highest BCUT2D eigenvalue weighted by molar-refractivity contribution is 14.1. The van der Waals surface area contributed by atoms with Crippen LogP contribution in [0.15, 0.2) is 11.1 Å². The predicted molar refractivity (Wildman–Crippen MR) is 67.2 cm³/mol. The van der Waals surface area contributed by atoms with Gasteiger partial charge in [-0.25, -0.2) is 4.98 Å². The number of halogens is 1. The minimum atomic E-state index is -0.113. The Morgan fingerprint density at radius 1 is 1.67 bits per heavy atom. The van der Waals surface area contributed by atoms with Crippen LogP contribution in [-0.2, 0) is 4.74 Å². The van der Waals surface area contributed by atoms with Gasteiger partial charge in [-0.15, -0.1) is 0 Å². The van der Waals surface area contributed by atoms with Gasteiger partial charge in [0.15, 0.2) is 0 Å². The maximum Gasteiger partial charge on any atom is 0.266 e. The molecule has 0 aliphatic heterocycles. The predicted octanol–water partition coefficient (Wildman–Crippen LogP) is 1.21. The van der Waals surface area contributed by atoms with E-state index in [2.05, 4.69) is 15.3 Å². The lowest BCUT2D eigenvalue weighted by atomic mass is 10.4. The van der Waals surface area contributed by atoms with Gasteiger partial charge in [-0.1, -0.05) is 0 Å². The van der Waals surface area contributed by atoms with Crippen molar-refractivity contribution < 1.29 is 4.74 Å². The Kier molecular flexibility index (Phi) is 5.62. The molecule has 1 aromatic rings. The molecule has 0 amide bonds. The summed E-state index contributed by atoms with van der Waals surface area (Å²) in [7, 11) is 0. The summed E-state index contributed by atoms with van der Waals surface area (Å²) >= 11 is 1.97. The molecule has 0 saturated carbocycles. The number of hydrogen-bond acceptors (Lipinski definition) is 4. The number of nitrogens with one attached hydrogen (secondary N) is 2. The molecule has 15 heavy (non-hydrogen) atoms. The normalized spacial score (nSPS) is 10.3. The van der Waals surface area contributed by atoms with Gasteiger partial charge >= 0.3 is 0 Å². The van der Waals surface area contributed by atoms with Crippen LogP contribution in [0.2, 0.25) is 0 Å². The number of anilines is 1. The lowest BCUT2D eigenvalue weighted by Crippen LogP contribution is -2.16. The molecule has 0 fully saturated rings. The quantitative estimate of drug-likeness (QED) is 0.610. The van der Waals surface area contributed by atoms with E-state index in [-0.39, 0.29) is 5.56 Å². The van der Waals surface area contributed by atoms with Crippen molar-refractivity contribution in [3.63, 3.8) is 0 Å². The second-order valence-corrected chi connectivity index (χ2v) is 3.95. The van der Waals surface area contributed by atoms with Gasteiger partial charge in [0.1, 0.15) is 9.39 Å². The maximum absolute atomic E-state index is 11.2. The molecule has 0 aliphatic rings. The van der Waals surface area contributed by atoms with E-state index in [4.69, 9.17) is 4.74 Å². The molecular formula is C9H14IN3O2. The first-order valence-corrected chi connectivity index (χ1v) is 5.88. The highest BCUT2D eigenvalue weighted by atomic mass is 127. The summed E-state index contributed by atoms with van der Waals surface area (Å²) in [6.07, 6.45) is 2.30. The first-order chi connectivity index (χ1) is 7.25. The molecule has 5 nitrogen and oxygen atoms in total. The molecule has 1 heterocycles. The average Bonchev–Trinajstić information content (AvgIpc) is 2.24. The third-order valence-corrected chi connectivity index (χ3v) is 2.76. The minimum absolute atomic E-state index is 0.113. The van der Waals surface area contributed by atoms with Crippen molar-refractivity contribution in [3.05, 3.63) is 20.3 Å². The van der Waals surface area contributed by atoms with Gasteiger partial charge < -0.3 is 15.0 Å². The van der Waals surface area contributed by atoms with Crippen LogP contribution in [0.5, 0.6) is 0 Å². The zero-order chi connectivity index (χ0) is 11.1. The van der Waals surface area contributed by atoms with Gasteiger partial charge in [0.25, 0.3) is 5.56 Å². The minimum Gasteiger partial charge on any atom is -0.382 e. The Morgan fingerprint density at radius 2 is 2.47 bits per heavy atom. The Bertz CT molecular complexity index is 353. The zero-order valence-electron chi connectivity index (χ0n) is 8.55. The summed E-state index contributed by atoms with van der Waals surface area (Å²) in [6, 6.07) is 0. The molecule has 0 bridgehead atoms. The van der Waals surface area contributed by atoms with E-state index >= 15 is 0 Å². The lowest BCUT2D eigenvalue weighted by molar-refractivity contribution is 0.147. The summed E-state index contributed by atoms with van der Waals surface area (Å²) in [5.74, 6) is 0.635. The van der Waals surface area contributed by atoms with Gasteiger partial charge in [-0.05, 0) is 35.9 Å². The molecule has 0 unspecified atom stereocenters. The number of ether oxygens (including phenoxy) is 1. The van der Waals surface area contributed by atoms with Crippen molar-refractivity contribution in [2.24, 2.45) is 0 Å². The third kappa shape index (κ3) is 4.17. The molecule has 2 N–H and O–H groups in total. The highest BCUT2D eigenvalue weighted by Gasteiger charge is 2.03. The van der Waals surface area contributed by atoms with Gasteiger partial charge in [0.05, 0.1) is 6.33 Å². The topological polar surface area (TPSA) is 67.0 Å². The van der Waals surface area contributed by atoms with E-state index in [1.165, 1.54) is 6.33 Å². The summed E-state index contributed by atoms with van der Waals surface area (Å²) in [5.41, 5.74) is -0.113. The fourth-order valence-corrected chi connectivity index (χ4v) is 1.52. The molecule has 0 aliphatic carbocycles. The maximum atomic E-state index is 11.2. The number of nitrogens with zero attached hydrogens (tertiary/aromatic N) is 1. The van der Waals surface area contributed by atoms with Crippen LogP contribution in [-0.4, -0.2) is 29.7 Å². The van der Waals surface area contributed by atoms with Crippen molar-refractivity contribution in [1.29, 1.82) is 0 Å². The largest absolute Gasteiger partial charge is 0.382 e. The molecule has 0 spiro atoms. The standard InChI is InChI=1S/C9H14IN3O2/c1-2-15-5-3-4-11-8-7(10)9(14)13-6-12-8/h6H,2-5H2,1H3,(H2,11,12,13,14). The van der Waals surface area contributed by atoms with Crippen molar-refractivity contribution in [1.82, 2.24) is 9.97 Å². The lowest BCUT2D eigenvalue weighted by Gasteiger charge is -2.06. The van der Waals surface area contributed by atoms with E-state index in [1.54, 1.807) is 0 Å². The van der Waals surface area contributed by atoms with Crippen LogP contribution < -0.4 is 10.9 Å². The number of aromatic amines is 1. The summed E-state index contributed by atoms with van der Waals surface area (Å²) in [6.45, 7) is 4.19. The van der Waals surface area contributed by atoms with Crippen LogP contribution in [0.3, 0.4) is 0 Å². The summed E-state index contributed by atoms with van der Waals surface area (Å²) < 4.78 is 5.78. The van der Waals surface area contributed by atoms with Crippen molar-refractivity contribution in [2.75, 3.05) is 25.1 Å². The second kappa shape index (κ2) is 6.78. The number of H-pyrrole nitrogens is 1. The molecule has 1 rings (SSSR count). The van der Waals surface area contributed by atoms with Gasteiger partial charge in [-0.3, -0.25) is 4.79 Å². The number of aromatic nitrogens is 2. The molecule has 1 aromatic heterocycles. The van der Waals surface area contributed by atoms with Crippen LogP contribution in [0, 0.1) is 3.57 Å². The fraction of sp³-hybridized carbons (Fsp3) is 0.556. The van der Waals surface area contributed by atoms with Gasteiger partial charge in [0.2, 0.25) is 0 Å². The first-order valence-electron chi connectivity index (χ1n) is 4.80. The Morgan fingerprint density at radius 3 is 3.20 bits per heavy atom. The van der Waals surface area contributed by atoms with E-state index in [0.29, 0.717) is 9.39 Å². The van der Waals surface area contributed by atoms with Gasteiger partial charge in [-0.2, -0.15) is 0 Å². The summed E-state index contributed by atoms with van der Waals surface area (Å²) in [5, 5.41) is 3.09. The van der Waals surface area contributed by atoms with Gasteiger partial charge in [0, 0.05) is 19.8 Å². The molecule has 0 atom stereocenters. The van der Waals surface area contributed by atoms with E-state index in [1.807, 2.05) is 29.5 Å². The Balaban J connectivity index is 2.38. The molecule has 0 aromatic carbocycles. The van der Waals surface area contributed by atoms with Crippen LogP contribution in [0.25, 0.3) is 0 Å². The van der Waals surface area contributed by atoms with Crippen molar-refractivity contribution in [3.8, 4) is 0 Å². The van der Waals surface area contributed by atoms with Crippen molar-refractivity contribution >= 4 is 28.4 Å². The molecule has 84 valence electrons. The highest BCUT2D eigenvalue weighted by Crippen LogP contribution is 2.08. The average molecular weight is 323 g/mol. The molecular weight excluding hydrogens is 309 g/mol. The van der Waals surface area contributed by atoms with Crippen LogP contribution in [0.4, 0.5) is 5.82 Å². The summed E-state index contributed by atoms with van der Waals surface area (Å²) in [4.78, 5) is 17.8. The Hall–Kier alpha value is -0.630. The number of hydrogen-bond donors (Lipinski definition) is 2. The monoisotopic (exact) mass is 323 g/mol. The second-order valence-electron chi connectivity index (χ2n) is 2.87. The molecule has 6 heteroatoms.